The Bertz CT molecular complexity index is 1370. The molecule has 5 rings (SSSR count). The molecule has 3 aromatic rings. The number of nitrogens with zero attached hydrogens (tertiary/aromatic N) is 1. The van der Waals surface area contributed by atoms with Crippen LogP contribution in [0.5, 0.6) is 5.75 Å². The second-order valence-corrected chi connectivity index (χ2v) is 8.61. The minimum Gasteiger partial charge on any atom is -0.508 e. The third-order valence-electron chi connectivity index (χ3n) is 6.77. The van der Waals surface area contributed by atoms with Gasteiger partial charge < -0.3 is 15.9 Å². The number of para-hydroxylation sites is 1. The van der Waals surface area contributed by atoms with Gasteiger partial charge >= 0.3 is 5.97 Å². The summed E-state index contributed by atoms with van der Waals surface area (Å²) in [5.41, 5.74) is 3.86. The maximum Gasteiger partial charge on any atom is 0.325 e. The first kappa shape index (κ1) is 21.6. The minimum atomic E-state index is -2.12. The molecule has 0 unspecified atom stereocenters. The zero-order valence-electron chi connectivity index (χ0n) is 17.8. The molecule has 0 radical (unpaired) electrons. The minimum absolute atomic E-state index is 0.164. The smallest absolute Gasteiger partial charge is 0.325 e. The van der Waals surface area contributed by atoms with Crippen LogP contribution >= 0.6 is 0 Å². The highest BCUT2D eigenvalue weighted by atomic mass is 16.4. The van der Waals surface area contributed by atoms with Gasteiger partial charge in [0.2, 0.25) is 17.7 Å². The molecule has 0 aliphatic carbocycles. The molecule has 2 fully saturated rings. The Kier molecular flexibility index (Phi) is 4.87. The molecule has 9 nitrogen and oxygen atoms in total. The number of imide groups is 1. The lowest BCUT2D eigenvalue weighted by Crippen LogP contribution is -2.57. The third-order valence-corrected chi connectivity index (χ3v) is 6.77. The van der Waals surface area contributed by atoms with Crippen LogP contribution in [0.25, 0.3) is 10.8 Å². The Hall–Kier alpha value is -4.24. The van der Waals surface area contributed by atoms with Crippen molar-refractivity contribution >= 4 is 40.2 Å². The topological polar surface area (TPSA) is 150 Å². The number of aliphatic carboxylic acids is 1. The van der Waals surface area contributed by atoms with E-state index in [1.807, 2.05) is 18.2 Å². The molecular weight excluding hydrogens is 438 g/mol. The van der Waals surface area contributed by atoms with Crippen molar-refractivity contribution in [3.8, 4) is 5.75 Å². The zero-order valence-corrected chi connectivity index (χ0v) is 17.8. The van der Waals surface area contributed by atoms with Gasteiger partial charge in [-0.1, -0.05) is 54.6 Å². The van der Waals surface area contributed by atoms with Gasteiger partial charge in [-0.25, -0.2) is 4.90 Å². The van der Waals surface area contributed by atoms with Crippen LogP contribution in [0.4, 0.5) is 5.69 Å². The van der Waals surface area contributed by atoms with Gasteiger partial charge in [-0.2, -0.15) is 0 Å². The number of nitrogens with one attached hydrogen (secondary N) is 1. The first-order valence-corrected chi connectivity index (χ1v) is 10.7. The average Bonchev–Trinajstić information content (AvgIpc) is 3.27. The second-order valence-electron chi connectivity index (χ2n) is 8.61. The molecule has 0 saturated carbocycles. The normalized spacial score (nSPS) is 26.1. The summed E-state index contributed by atoms with van der Waals surface area (Å²) in [6.45, 7) is 0. The molecular formula is C25H21N3O6. The summed E-state index contributed by atoms with van der Waals surface area (Å²) in [7, 11) is 0. The molecule has 0 spiro atoms. The van der Waals surface area contributed by atoms with Crippen molar-refractivity contribution in [3.05, 3.63) is 72.3 Å². The zero-order chi connectivity index (χ0) is 24.2. The van der Waals surface area contributed by atoms with Crippen molar-refractivity contribution < 1.29 is 29.4 Å². The van der Waals surface area contributed by atoms with Gasteiger partial charge in [0.1, 0.15) is 11.3 Å². The van der Waals surface area contributed by atoms with E-state index in [2.05, 4.69) is 5.32 Å². The van der Waals surface area contributed by atoms with Gasteiger partial charge in [0.15, 0.2) is 0 Å². The molecule has 0 bridgehead atoms. The van der Waals surface area contributed by atoms with E-state index in [9.17, 15) is 29.4 Å². The van der Waals surface area contributed by atoms with Gasteiger partial charge in [0.05, 0.1) is 23.9 Å². The summed E-state index contributed by atoms with van der Waals surface area (Å²) >= 11 is 0. The van der Waals surface area contributed by atoms with Gasteiger partial charge in [-0.3, -0.25) is 24.5 Å². The SMILES string of the molecule is NC(=O)C[C@]1(C(=O)O)N[C@H](c2ccccc2O)[C@H]2C(=O)N(c3cccc4ccccc34)C(=O)[C@H]21. The lowest BCUT2D eigenvalue weighted by atomic mass is 9.77. The summed E-state index contributed by atoms with van der Waals surface area (Å²) < 4.78 is 0. The van der Waals surface area contributed by atoms with Crippen molar-refractivity contribution in [1.82, 2.24) is 5.32 Å². The maximum atomic E-state index is 13.8. The van der Waals surface area contributed by atoms with E-state index in [0.717, 1.165) is 10.3 Å². The molecule has 3 aromatic carbocycles. The lowest BCUT2D eigenvalue weighted by Gasteiger charge is -2.30. The van der Waals surface area contributed by atoms with E-state index in [4.69, 9.17) is 5.73 Å². The van der Waals surface area contributed by atoms with Crippen LogP contribution in [0.15, 0.2) is 66.7 Å². The number of anilines is 1. The summed E-state index contributed by atoms with van der Waals surface area (Å²) in [6, 6.07) is 17.5. The molecule has 5 N–H and O–H groups in total. The number of carbonyl (C=O) groups is 4. The van der Waals surface area contributed by atoms with Crippen molar-refractivity contribution in [2.45, 2.75) is 18.0 Å². The molecule has 4 atom stereocenters. The highest BCUT2D eigenvalue weighted by Gasteiger charge is 2.69. The number of carbonyl (C=O) groups excluding carboxylic acids is 3. The Labute approximate surface area is 193 Å². The van der Waals surface area contributed by atoms with E-state index in [1.165, 1.54) is 6.07 Å². The molecule has 9 heteroatoms. The lowest BCUT2D eigenvalue weighted by molar-refractivity contribution is -0.150. The van der Waals surface area contributed by atoms with E-state index in [-0.39, 0.29) is 11.3 Å². The molecule has 172 valence electrons. The Morgan fingerprint density at radius 1 is 0.971 bits per heavy atom. The van der Waals surface area contributed by atoms with Gasteiger partial charge in [0, 0.05) is 17.0 Å². The predicted molar refractivity (Wildman–Crippen MR) is 122 cm³/mol. The first-order chi connectivity index (χ1) is 16.3. The van der Waals surface area contributed by atoms with Crippen molar-refractivity contribution in [3.63, 3.8) is 0 Å². The number of nitrogens with two attached hydrogens (primary N) is 1. The Morgan fingerprint density at radius 3 is 2.35 bits per heavy atom. The second kappa shape index (κ2) is 7.67. The molecule has 3 amide bonds. The van der Waals surface area contributed by atoms with Crippen LogP contribution in [0.3, 0.4) is 0 Å². The summed E-state index contributed by atoms with van der Waals surface area (Å²) in [4.78, 5) is 53.1. The number of carboxylic acids is 1. The summed E-state index contributed by atoms with van der Waals surface area (Å²) in [5, 5.41) is 25.0. The fourth-order valence-corrected chi connectivity index (χ4v) is 5.37. The first-order valence-electron chi connectivity index (χ1n) is 10.7. The van der Waals surface area contributed by atoms with Crippen LogP contribution in [0, 0.1) is 11.8 Å². The quantitative estimate of drug-likeness (QED) is 0.424. The highest BCUT2D eigenvalue weighted by molar-refractivity contribution is 6.27. The van der Waals surface area contributed by atoms with Crippen LogP contribution in [-0.2, 0) is 19.2 Å². The van der Waals surface area contributed by atoms with E-state index >= 15 is 0 Å². The van der Waals surface area contributed by atoms with E-state index < -0.39 is 53.5 Å². The number of rotatable bonds is 5. The fourth-order valence-electron chi connectivity index (χ4n) is 5.37. The largest absolute Gasteiger partial charge is 0.508 e. The van der Waals surface area contributed by atoms with Crippen LogP contribution in [0.1, 0.15) is 18.0 Å². The Balaban J connectivity index is 1.72. The molecule has 2 heterocycles. The van der Waals surface area contributed by atoms with Crippen LogP contribution < -0.4 is 16.0 Å². The van der Waals surface area contributed by atoms with E-state index in [0.29, 0.717) is 11.1 Å². The number of phenolic OH excluding ortho intramolecular Hbond substituents is 1. The van der Waals surface area contributed by atoms with E-state index in [1.54, 1.807) is 42.5 Å². The number of carboxylic acid groups (broad SMARTS) is 1. The average molecular weight is 459 g/mol. The van der Waals surface area contributed by atoms with Gasteiger partial charge in [0.25, 0.3) is 0 Å². The molecule has 34 heavy (non-hydrogen) atoms. The highest BCUT2D eigenvalue weighted by Crippen LogP contribution is 2.52. The van der Waals surface area contributed by atoms with Crippen LogP contribution in [0.2, 0.25) is 0 Å². The molecule has 2 saturated heterocycles. The molecule has 2 aliphatic rings. The number of hydrogen-bond acceptors (Lipinski definition) is 6. The van der Waals surface area contributed by atoms with Crippen LogP contribution in [-0.4, -0.2) is 39.4 Å². The summed E-state index contributed by atoms with van der Waals surface area (Å²) in [6.07, 6.45) is -0.698. The van der Waals surface area contributed by atoms with Crippen molar-refractivity contribution in [1.29, 1.82) is 0 Å². The van der Waals surface area contributed by atoms with Gasteiger partial charge in [-0.05, 0) is 17.5 Å². The number of primary amides is 1. The van der Waals surface area contributed by atoms with Gasteiger partial charge in [-0.15, -0.1) is 0 Å². The van der Waals surface area contributed by atoms with Crippen molar-refractivity contribution in [2.75, 3.05) is 4.90 Å². The Morgan fingerprint density at radius 2 is 1.65 bits per heavy atom. The number of phenols is 1. The number of hydrogen-bond donors (Lipinski definition) is 4. The molecule has 0 aromatic heterocycles. The number of amides is 3. The summed E-state index contributed by atoms with van der Waals surface area (Å²) in [5.74, 6) is -6.50. The molecule has 2 aliphatic heterocycles. The fraction of sp³-hybridized carbons (Fsp3) is 0.200. The third kappa shape index (κ3) is 2.97. The maximum absolute atomic E-state index is 13.8. The standard InChI is InChI=1S/C25H21N3O6/c26-18(30)12-25(24(33)34)20-19(21(27-25)15-9-3-4-11-17(15)29)22(31)28(23(20)32)16-10-5-7-13-6-1-2-8-14(13)16/h1-11,19-21,27,29H,12H2,(H2,26,30)(H,33,34)/t19-,20-,21+,25-/m0/s1. The number of fused-ring (bicyclic) bond motifs is 2. The predicted octanol–water partition coefficient (Wildman–Crippen LogP) is 1.69. The number of aromatic hydroxyl groups is 1. The number of benzene rings is 3. The monoisotopic (exact) mass is 459 g/mol. The van der Waals surface area contributed by atoms with Crippen molar-refractivity contribution in [2.24, 2.45) is 17.6 Å².